The molecule has 1 aliphatic carbocycles. The maximum Gasteiger partial charge on any atom is 0.267 e. The van der Waals surface area contributed by atoms with E-state index in [9.17, 15) is 4.79 Å². The molecule has 4 nitrogen and oxygen atoms in total. The number of hydrogen-bond acceptors (Lipinski definition) is 2. The fourth-order valence-electron chi connectivity index (χ4n) is 2.69. The van der Waals surface area contributed by atoms with Crippen molar-refractivity contribution in [2.45, 2.75) is 25.7 Å². The molecule has 1 amide bonds. The van der Waals surface area contributed by atoms with Crippen LogP contribution in [0, 0.1) is 5.92 Å². The molecule has 0 aliphatic heterocycles. The average molecular weight is 272 g/mol. The number of methoxy groups -OCH3 is 1. The number of H-pyrrole nitrogens is 1. The van der Waals surface area contributed by atoms with Gasteiger partial charge in [0.05, 0.1) is 7.11 Å². The van der Waals surface area contributed by atoms with Crippen LogP contribution in [-0.2, 0) is 0 Å². The zero-order valence-corrected chi connectivity index (χ0v) is 11.7. The van der Waals surface area contributed by atoms with E-state index in [0.717, 1.165) is 35.5 Å². The van der Waals surface area contributed by atoms with Crippen molar-refractivity contribution in [2.75, 3.05) is 13.7 Å². The van der Waals surface area contributed by atoms with Crippen molar-refractivity contribution in [3.05, 3.63) is 30.0 Å². The van der Waals surface area contributed by atoms with Crippen molar-refractivity contribution in [3.63, 3.8) is 0 Å². The molecule has 4 heteroatoms. The summed E-state index contributed by atoms with van der Waals surface area (Å²) in [6.07, 6.45) is 5.08. The summed E-state index contributed by atoms with van der Waals surface area (Å²) in [5.74, 6) is 1.56. The highest BCUT2D eigenvalue weighted by atomic mass is 16.5. The minimum Gasteiger partial charge on any atom is -0.496 e. The highest BCUT2D eigenvalue weighted by molar-refractivity contribution is 5.99. The van der Waals surface area contributed by atoms with Crippen molar-refractivity contribution < 1.29 is 9.53 Å². The zero-order valence-electron chi connectivity index (χ0n) is 11.7. The predicted molar refractivity (Wildman–Crippen MR) is 79.1 cm³/mol. The summed E-state index contributed by atoms with van der Waals surface area (Å²) in [6.45, 7) is 0.760. The molecule has 3 rings (SSSR count). The maximum atomic E-state index is 12.1. The van der Waals surface area contributed by atoms with Gasteiger partial charge >= 0.3 is 0 Å². The molecule has 0 bridgehead atoms. The molecule has 2 N–H and O–H groups in total. The van der Waals surface area contributed by atoms with E-state index >= 15 is 0 Å². The predicted octanol–water partition coefficient (Wildman–Crippen LogP) is 3.10. The summed E-state index contributed by atoms with van der Waals surface area (Å²) in [4.78, 5) is 15.3. The third-order valence-electron chi connectivity index (χ3n) is 4.15. The lowest BCUT2D eigenvalue weighted by Gasteiger charge is -2.25. The van der Waals surface area contributed by atoms with Crippen molar-refractivity contribution in [1.29, 1.82) is 0 Å². The Morgan fingerprint density at radius 1 is 1.45 bits per heavy atom. The van der Waals surface area contributed by atoms with Gasteiger partial charge in [0.2, 0.25) is 0 Å². The third kappa shape index (κ3) is 2.50. The van der Waals surface area contributed by atoms with E-state index in [1.165, 1.54) is 19.3 Å². The van der Waals surface area contributed by atoms with Gasteiger partial charge in [-0.25, -0.2) is 0 Å². The number of nitrogens with one attached hydrogen (secondary N) is 2. The minimum atomic E-state index is -0.0393. The number of rotatable bonds is 5. The largest absolute Gasteiger partial charge is 0.496 e. The lowest BCUT2D eigenvalue weighted by Crippen LogP contribution is -2.27. The molecule has 0 radical (unpaired) electrons. The Balaban J connectivity index is 1.67. The van der Waals surface area contributed by atoms with Crippen LogP contribution in [0.4, 0.5) is 0 Å². The quantitative estimate of drug-likeness (QED) is 0.878. The Morgan fingerprint density at radius 2 is 2.30 bits per heavy atom. The Kier molecular flexibility index (Phi) is 3.63. The first-order chi connectivity index (χ1) is 9.78. The molecular weight excluding hydrogens is 252 g/mol. The molecule has 0 unspecified atom stereocenters. The molecule has 20 heavy (non-hydrogen) atoms. The smallest absolute Gasteiger partial charge is 0.267 e. The maximum absolute atomic E-state index is 12.1. The normalized spacial score (nSPS) is 15.1. The first kappa shape index (κ1) is 13.0. The van der Waals surface area contributed by atoms with Crippen molar-refractivity contribution in [2.24, 2.45) is 5.92 Å². The number of carbonyl (C=O) groups excluding carboxylic acids is 1. The van der Waals surface area contributed by atoms with Crippen molar-refractivity contribution in [1.82, 2.24) is 10.3 Å². The van der Waals surface area contributed by atoms with Crippen LogP contribution in [-0.4, -0.2) is 24.5 Å². The molecule has 1 fully saturated rings. The Morgan fingerprint density at radius 3 is 3.00 bits per heavy atom. The van der Waals surface area contributed by atoms with Crippen LogP contribution in [0.2, 0.25) is 0 Å². The summed E-state index contributed by atoms with van der Waals surface area (Å²) in [5, 5.41) is 3.93. The van der Waals surface area contributed by atoms with Crippen LogP contribution >= 0.6 is 0 Å². The van der Waals surface area contributed by atoms with E-state index in [0.29, 0.717) is 5.69 Å². The SMILES string of the molecule is COc1cccc2[nH]c(C(=O)NCCC3CCC3)cc12. The van der Waals surface area contributed by atoms with Crippen LogP contribution in [0.5, 0.6) is 5.75 Å². The third-order valence-corrected chi connectivity index (χ3v) is 4.15. The summed E-state index contributed by atoms with van der Waals surface area (Å²) in [6, 6.07) is 7.61. The molecule has 0 saturated heterocycles. The first-order valence-corrected chi connectivity index (χ1v) is 7.22. The van der Waals surface area contributed by atoms with Gasteiger partial charge in [0, 0.05) is 17.4 Å². The molecular formula is C16H20N2O2. The monoisotopic (exact) mass is 272 g/mol. The second-order valence-electron chi connectivity index (χ2n) is 5.45. The fraction of sp³-hybridized carbons (Fsp3) is 0.438. The van der Waals surface area contributed by atoms with Gasteiger partial charge in [0.15, 0.2) is 0 Å². The van der Waals surface area contributed by atoms with Gasteiger partial charge < -0.3 is 15.0 Å². The molecule has 0 spiro atoms. The van der Waals surface area contributed by atoms with Gasteiger partial charge in [0.25, 0.3) is 5.91 Å². The van der Waals surface area contributed by atoms with E-state index in [1.807, 2.05) is 24.3 Å². The van der Waals surface area contributed by atoms with Gasteiger partial charge in [-0.05, 0) is 30.5 Å². The highest BCUT2D eigenvalue weighted by Crippen LogP contribution is 2.29. The van der Waals surface area contributed by atoms with E-state index in [4.69, 9.17) is 4.74 Å². The molecule has 1 saturated carbocycles. The lowest BCUT2D eigenvalue weighted by atomic mass is 9.83. The van der Waals surface area contributed by atoms with Crippen LogP contribution in [0.15, 0.2) is 24.3 Å². The number of aromatic amines is 1. The minimum absolute atomic E-state index is 0.0393. The number of ether oxygens (including phenoxy) is 1. The Labute approximate surface area is 118 Å². The number of benzene rings is 1. The Hall–Kier alpha value is -1.97. The summed E-state index contributed by atoms with van der Waals surface area (Å²) in [7, 11) is 1.64. The van der Waals surface area contributed by atoms with Crippen LogP contribution in [0.25, 0.3) is 10.9 Å². The van der Waals surface area contributed by atoms with E-state index in [2.05, 4.69) is 10.3 Å². The molecule has 1 aliphatic rings. The molecule has 1 aromatic carbocycles. The van der Waals surface area contributed by atoms with Crippen molar-refractivity contribution in [3.8, 4) is 5.75 Å². The first-order valence-electron chi connectivity index (χ1n) is 7.22. The van der Waals surface area contributed by atoms with Gasteiger partial charge in [-0.15, -0.1) is 0 Å². The second kappa shape index (κ2) is 5.57. The number of hydrogen-bond donors (Lipinski definition) is 2. The topological polar surface area (TPSA) is 54.1 Å². The molecule has 106 valence electrons. The summed E-state index contributed by atoms with van der Waals surface area (Å²) < 4.78 is 5.30. The van der Waals surface area contributed by atoms with Crippen LogP contribution in [0.3, 0.4) is 0 Å². The van der Waals surface area contributed by atoms with Gasteiger partial charge in [-0.3, -0.25) is 4.79 Å². The van der Waals surface area contributed by atoms with E-state index in [-0.39, 0.29) is 5.91 Å². The van der Waals surface area contributed by atoms with Gasteiger partial charge in [-0.1, -0.05) is 25.3 Å². The standard InChI is InChI=1S/C16H20N2O2/c1-20-15-7-3-6-13-12(15)10-14(18-13)16(19)17-9-8-11-4-2-5-11/h3,6-7,10-11,18H,2,4-5,8-9H2,1H3,(H,17,19). The number of aromatic nitrogens is 1. The molecule has 2 aromatic rings. The van der Waals surface area contributed by atoms with E-state index in [1.54, 1.807) is 7.11 Å². The summed E-state index contributed by atoms with van der Waals surface area (Å²) >= 11 is 0. The molecule has 1 aromatic heterocycles. The Bertz CT molecular complexity index is 614. The highest BCUT2D eigenvalue weighted by Gasteiger charge is 2.17. The lowest BCUT2D eigenvalue weighted by molar-refractivity contribution is 0.0945. The molecule has 1 heterocycles. The number of carbonyl (C=O) groups is 1. The number of fused-ring (bicyclic) bond motifs is 1. The van der Waals surface area contributed by atoms with Gasteiger partial charge in [0.1, 0.15) is 11.4 Å². The summed E-state index contributed by atoms with van der Waals surface area (Å²) in [5.41, 5.74) is 1.52. The van der Waals surface area contributed by atoms with E-state index < -0.39 is 0 Å². The van der Waals surface area contributed by atoms with Gasteiger partial charge in [-0.2, -0.15) is 0 Å². The molecule has 0 atom stereocenters. The zero-order chi connectivity index (χ0) is 13.9. The average Bonchev–Trinajstić information content (AvgIpc) is 2.85. The number of amides is 1. The van der Waals surface area contributed by atoms with Crippen molar-refractivity contribution >= 4 is 16.8 Å². The fourth-order valence-corrected chi connectivity index (χ4v) is 2.69. The second-order valence-corrected chi connectivity index (χ2v) is 5.45. The van der Waals surface area contributed by atoms with Crippen LogP contribution in [0.1, 0.15) is 36.2 Å². The van der Waals surface area contributed by atoms with Crippen LogP contribution < -0.4 is 10.1 Å².